The predicted octanol–water partition coefficient (Wildman–Crippen LogP) is 3.97. The van der Waals surface area contributed by atoms with Crippen molar-refractivity contribution in [2.45, 2.75) is 26.7 Å². The first-order valence-corrected chi connectivity index (χ1v) is 7.97. The Balaban J connectivity index is 1.90. The molecule has 0 bridgehead atoms. The van der Waals surface area contributed by atoms with Crippen molar-refractivity contribution >= 4 is 16.9 Å². The number of benzene rings is 2. The number of nitrogens with zero attached hydrogens (tertiary/aromatic N) is 2. The van der Waals surface area contributed by atoms with Crippen LogP contribution in [0.5, 0.6) is 0 Å². The molecule has 3 aromatic rings. The molecule has 0 aliphatic rings. The molecular formula is C19H19FN2O2. The van der Waals surface area contributed by atoms with Crippen LogP contribution in [0.3, 0.4) is 0 Å². The molecule has 5 heteroatoms. The maximum absolute atomic E-state index is 13.1. The average Bonchev–Trinajstić information content (AvgIpc) is 2.96. The number of fused-ring (bicyclic) bond motifs is 1. The second kappa shape index (κ2) is 6.83. The Bertz CT molecular complexity index is 869. The molecule has 0 atom stereocenters. The van der Waals surface area contributed by atoms with Crippen molar-refractivity contribution in [2.75, 3.05) is 6.61 Å². The summed E-state index contributed by atoms with van der Waals surface area (Å²) in [4.78, 5) is 11.5. The van der Waals surface area contributed by atoms with Crippen molar-refractivity contribution in [3.8, 4) is 5.69 Å². The quantitative estimate of drug-likeness (QED) is 0.666. The van der Waals surface area contributed by atoms with E-state index in [0.29, 0.717) is 19.4 Å². The normalized spacial score (nSPS) is 11.0. The fourth-order valence-electron chi connectivity index (χ4n) is 2.75. The molecular weight excluding hydrogens is 307 g/mol. The molecule has 0 N–H and O–H groups in total. The van der Waals surface area contributed by atoms with E-state index in [2.05, 4.69) is 11.2 Å². The summed E-state index contributed by atoms with van der Waals surface area (Å²) >= 11 is 0. The molecule has 24 heavy (non-hydrogen) atoms. The lowest BCUT2D eigenvalue weighted by molar-refractivity contribution is -0.143. The Morgan fingerprint density at radius 2 is 2.00 bits per heavy atom. The molecule has 1 aromatic heterocycles. The van der Waals surface area contributed by atoms with Gasteiger partial charge < -0.3 is 4.74 Å². The van der Waals surface area contributed by atoms with Crippen molar-refractivity contribution in [3.05, 3.63) is 59.5 Å². The van der Waals surface area contributed by atoms with Crippen LogP contribution in [0.4, 0.5) is 4.39 Å². The van der Waals surface area contributed by atoms with Crippen LogP contribution < -0.4 is 0 Å². The Hall–Kier alpha value is -2.69. The third-order valence-electron chi connectivity index (χ3n) is 4.00. The van der Waals surface area contributed by atoms with Gasteiger partial charge in [0.1, 0.15) is 5.82 Å². The van der Waals surface area contributed by atoms with Gasteiger partial charge in [-0.05, 0) is 67.8 Å². The van der Waals surface area contributed by atoms with Crippen molar-refractivity contribution in [3.63, 3.8) is 0 Å². The molecule has 3 rings (SSSR count). The van der Waals surface area contributed by atoms with Gasteiger partial charge in [-0.15, -0.1) is 0 Å². The topological polar surface area (TPSA) is 44.1 Å². The molecule has 0 saturated carbocycles. The maximum Gasteiger partial charge on any atom is 0.306 e. The number of ether oxygens (including phenoxy) is 1. The smallest absolute Gasteiger partial charge is 0.306 e. The number of halogens is 1. The average molecular weight is 326 g/mol. The molecule has 0 saturated heterocycles. The first kappa shape index (κ1) is 16.2. The number of carbonyl (C=O) groups excluding carboxylic acids is 1. The maximum atomic E-state index is 13.1. The number of hydrogen-bond donors (Lipinski definition) is 0. The van der Waals surface area contributed by atoms with Crippen molar-refractivity contribution in [2.24, 2.45) is 0 Å². The van der Waals surface area contributed by atoms with Crippen molar-refractivity contribution < 1.29 is 13.9 Å². The van der Waals surface area contributed by atoms with Crippen molar-refractivity contribution in [1.82, 2.24) is 9.78 Å². The van der Waals surface area contributed by atoms with Gasteiger partial charge in [-0.1, -0.05) is 0 Å². The lowest BCUT2D eigenvalue weighted by Gasteiger charge is -2.08. The SMILES string of the molecule is CCOC(=O)CCc1cc2cnn(-c3ccc(F)cc3)c2cc1C. The number of aryl methyl sites for hydroxylation is 2. The minimum atomic E-state index is -0.271. The van der Waals surface area contributed by atoms with Gasteiger partial charge in [-0.25, -0.2) is 9.07 Å². The number of carbonyl (C=O) groups is 1. The van der Waals surface area contributed by atoms with Crippen LogP contribution in [0.2, 0.25) is 0 Å². The molecule has 124 valence electrons. The molecule has 0 fully saturated rings. The van der Waals surface area contributed by atoms with Gasteiger partial charge in [0.05, 0.1) is 24.0 Å². The Morgan fingerprint density at radius 3 is 2.71 bits per heavy atom. The predicted molar refractivity (Wildman–Crippen MR) is 90.7 cm³/mol. The summed E-state index contributed by atoms with van der Waals surface area (Å²) in [5.41, 5.74) is 3.97. The van der Waals surface area contributed by atoms with E-state index in [0.717, 1.165) is 27.7 Å². The Kier molecular flexibility index (Phi) is 4.60. The molecule has 0 radical (unpaired) electrons. The zero-order valence-electron chi connectivity index (χ0n) is 13.8. The molecule has 0 amide bonds. The van der Waals surface area contributed by atoms with Crippen LogP contribution in [0, 0.1) is 12.7 Å². The van der Waals surface area contributed by atoms with E-state index in [1.54, 1.807) is 29.9 Å². The largest absolute Gasteiger partial charge is 0.466 e. The van der Waals surface area contributed by atoms with Gasteiger partial charge in [-0.2, -0.15) is 5.10 Å². The highest BCUT2D eigenvalue weighted by atomic mass is 19.1. The van der Waals surface area contributed by atoms with E-state index in [1.807, 2.05) is 13.0 Å². The molecule has 2 aromatic carbocycles. The van der Waals surface area contributed by atoms with E-state index in [4.69, 9.17) is 4.74 Å². The fraction of sp³-hybridized carbons (Fsp3) is 0.263. The summed E-state index contributed by atoms with van der Waals surface area (Å²) in [5, 5.41) is 5.39. The summed E-state index contributed by atoms with van der Waals surface area (Å²) in [7, 11) is 0. The van der Waals surface area contributed by atoms with Gasteiger partial charge in [0.25, 0.3) is 0 Å². The van der Waals surface area contributed by atoms with Gasteiger partial charge in [0.2, 0.25) is 0 Å². The highest BCUT2D eigenvalue weighted by Gasteiger charge is 2.10. The third-order valence-corrected chi connectivity index (χ3v) is 4.00. The zero-order valence-corrected chi connectivity index (χ0v) is 13.8. The van der Waals surface area contributed by atoms with E-state index < -0.39 is 0 Å². The highest BCUT2D eigenvalue weighted by Crippen LogP contribution is 2.23. The standard InChI is InChI=1S/C19H19FN2O2/c1-3-24-19(23)9-4-14-11-15-12-21-22(18(15)10-13(14)2)17-7-5-16(20)6-8-17/h5-8,10-12H,3-4,9H2,1-2H3. The van der Waals surface area contributed by atoms with Crippen LogP contribution in [0.25, 0.3) is 16.6 Å². The van der Waals surface area contributed by atoms with Crippen molar-refractivity contribution in [1.29, 1.82) is 0 Å². The van der Waals surface area contributed by atoms with Gasteiger partial charge in [0.15, 0.2) is 0 Å². The molecule has 0 aliphatic carbocycles. The van der Waals surface area contributed by atoms with Crippen LogP contribution in [0.15, 0.2) is 42.6 Å². The minimum absolute atomic E-state index is 0.181. The summed E-state index contributed by atoms with van der Waals surface area (Å²) in [6.07, 6.45) is 2.79. The summed E-state index contributed by atoms with van der Waals surface area (Å²) in [6, 6.07) is 10.3. The number of aromatic nitrogens is 2. The van der Waals surface area contributed by atoms with E-state index in [9.17, 15) is 9.18 Å². The van der Waals surface area contributed by atoms with Gasteiger partial charge in [0, 0.05) is 11.8 Å². The number of rotatable bonds is 5. The fourth-order valence-corrected chi connectivity index (χ4v) is 2.75. The summed E-state index contributed by atoms with van der Waals surface area (Å²) in [5.74, 6) is -0.452. The number of hydrogen-bond acceptors (Lipinski definition) is 3. The number of esters is 1. The summed E-state index contributed by atoms with van der Waals surface area (Å²) in [6.45, 7) is 4.22. The molecule has 0 unspecified atom stereocenters. The zero-order chi connectivity index (χ0) is 17.1. The van der Waals surface area contributed by atoms with Crippen LogP contribution in [-0.4, -0.2) is 22.4 Å². The molecule has 4 nitrogen and oxygen atoms in total. The van der Waals surface area contributed by atoms with E-state index >= 15 is 0 Å². The second-order valence-electron chi connectivity index (χ2n) is 5.68. The van der Waals surface area contributed by atoms with Crippen LogP contribution in [-0.2, 0) is 16.0 Å². The molecule has 1 heterocycles. The Labute approximate surface area is 139 Å². The molecule has 0 spiro atoms. The first-order valence-electron chi connectivity index (χ1n) is 7.97. The lowest BCUT2D eigenvalue weighted by atomic mass is 10.0. The van der Waals surface area contributed by atoms with Crippen LogP contribution >= 0.6 is 0 Å². The first-order chi connectivity index (χ1) is 11.6. The second-order valence-corrected chi connectivity index (χ2v) is 5.68. The third kappa shape index (κ3) is 3.30. The Morgan fingerprint density at radius 1 is 1.25 bits per heavy atom. The highest BCUT2D eigenvalue weighted by molar-refractivity contribution is 5.82. The van der Waals surface area contributed by atoms with Crippen LogP contribution in [0.1, 0.15) is 24.5 Å². The molecule has 0 aliphatic heterocycles. The van der Waals surface area contributed by atoms with Gasteiger partial charge in [-0.3, -0.25) is 4.79 Å². The monoisotopic (exact) mass is 326 g/mol. The summed E-state index contributed by atoms with van der Waals surface area (Å²) < 4.78 is 19.9. The van der Waals surface area contributed by atoms with Gasteiger partial charge >= 0.3 is 5.97 Å². The van der Waals surface area contributed by atoms with E-state index in [-0.39, 0.29) is 11.8 Å². The minimum Gasteiger partial charge on any atom is -0.466 e. The van der Waals surface area contributed by atoms with E-state index in [1.165, 1.54) is 12.1 Å². The lowest BCUT2D eigenvalue weighted by Crippen LogP contribution is -2.05.